The monoisotopic (exact) mass is 489 g/mol. The van der Waals surface area contributed by atoms with Gasteiger partial charge in [0.05, 0.1) is 24.5 Å². The van der Waals surface area contributed by atoms with E-state index < -0.39 is 52.7 Å². The van der Waals surface area contributed by atoms with E-state index in [9.17, 15) is 23.6 Å². The Morgan fingerprint density at radius 1 is 0.829 bits per heavy atom. The van der Waals surface area contributed by atoms with Crippen LogP contribution in [0, 0.1) is 17.7 Å². The lowest BCUT2D eigenvalue weighted by Gasteiger charge is -2.27. The summed E-state index contributed by atoms with van der Waals surface area (Å²) in [5.41, 5.74) is -1.31. The molecule has 0 bridgehead atoms. The summed E-state index contributed by atoms with van der Waals surface area (Å²) in [6, 6.07) is 18.5. The minimum atomic E-state index is -2.22. The number of carbonyl (C=O) groups is 4. The highest BCUT2D eigenvalue weighted by Crippen LogP contribution is 2.57. The van der Waals surface area contributed by atoms with Crippen LogP contribution in [0.3, 0.4) is 0 Å². The summed E-state index contributed by atoms with van der Waals surface area (Å²) in [7, 11) is 0. The number of rotatable bonds is 3. The van der Waals surface area contributed by atoms with E-state index >= 15 is 0 Å². The number of halogens is 2. The highest BCUT2D eigenvalue weighted by molar-refractivity contribution is 6.35. The second-order valence-corrected chi connectivity index (χ2v) is 9.33. The summed E-state index contributed by atoms with van der Waals surface area (Å²) < 4.78 is 20.9. The Labute approximate surface area is 204 Å². The van der Waals surface area contributed by atoms with Gasteiger partial charge in [0.25, 0.3) is 0 Å². The number of carbonyl (C=O) groups excluding carboxylic acids is 4. The molecule has 0 N–H and O–H groups in total. The number of ketones is 2. The molecule has 2 fully saturated rings. The Kier molecular flexibility index (Phi) is 4.78. The maximum Gasteiger partial charge on any atom is 0.237 e. The molecule has 2 saturated heterocycles. The van der Waals surface area contributed by atoms with Gasteiger partial charge in [0.2, 0.25) is 29.0 Å². The molecule has 2 aliphatic heterocycles. The molecule has 1 aliphatic carbocycles. The van der Waals surface area contributed by atoms with E-state index in [-0.39, 0.29) is 23.2 Å². The van der Waals surface area contributed by atoms with Gasteiger partial charge < -0.3 is 4.74 Å². The molecular formula is C27H17ClFNO5. The molecule has 0 unspecified atom stereocenters. The first kappa shape index (κ1) is 21.8. The zero-order valence-electron chi connectivity index (χ0n) is 18.1. The number of ether oxygens (including phenoxy) is 1. The Morgan fingerprint density at radius 2 is 1.43 bits per heavy atom. The van der Waals surface area contributed by atoms with Gasteiger partial charge in [0, 0.05) is 21.7 Å². The number of fused-ring (bicyclic) bond motifs is 3. The van der Waals surface area contributed by atoms with Gasteiger partial charge in [-0.3, -0.25) is 24.1 Å². The number of Topliss-reactive ketones (excluding diaryl/α,β-unsaturated/α-hetero) is 2. The SMILES string of the molecule is O=C1[C@@H]2[C@@H](C(=O)N1Cc1ccc(Cl)cc1)C1(O[C@H]2c2ccccc2F)C(=O)c2ccccc2C1=O. The molecule has 1 spiro atoms. The molecule has 2 heterocycles. The summed E-state index contributed by atoms with van der Waals surface area (Å²) in [5.74, 6) is -5.95. The number of nitrogens with zero attached hydrogens (tertiary/aromatic N) is 1. The zero-order chi connectivity index (χ0) is 24.5. The average molecular weight is 490 g/mol. The van der Waals surface area contributed by atoms with E-state index in [2.05, 4.69) is 0 Å². The molecule has 174 valence electrons. The number of benzene rings is 3. The largest absolute Gasteiger partial charge is 0.349 e. The fourth-order valence-electron chi connectivity index (χ4n) is 5.49. The number of likely N-dealkylation sites (tertiary alicyclic amines) is 1. The number of amides is 2. The Hall–Kier alpha value is -3.68. The van der Waals surface area contributed by atoms with Crippen molar-refractivity contribution in [1.82, 2.24) is 4.90 Å². The van der Waals surface area contributed by atoms with Gasteiger partial charge >= 0.3 is 0 Å². The normalized spacial score (nSPS) is 24.4. The van der Waals surface area contributed by atoms with Gasteiger partial charge in [-0.15, -0.1) is 0 Å². The van der Waals surface area contributed by atoms with Crippen LogP contribution < -0.4 is 0 Å². The molecule has 6 nitrogen and oxygen atoms in total. The van der Waals surface area contributed by atoms with Gasteiger partial charge in [0.1, 0.15) is 5.82 Å². The smallest absolute Gasteiger partial charge is 0.237 e. The summed E-state index contributed by atoms with van der Waals surface area (Å²) >= 11 is 5.95. The average Bonchev–Trinajstić information content (AvgIpc) is 3.42. The summed E-state index contributed by atoms with van der Waals surface area (Å²) in [4.78, 5) is 55.7. The van der Waals surface area contributed by atoms with Crippen molar-refractivity contribution in [1.29, 1.82) is 0 Å². The lowest BCUT2D eigenvalue weighted by molar-refractivity contribution is -0.145. The van der Waals surface area contributed by atoms with Crippen molar-refractivity contribution >= 4 is 35.0 Å². The third kappa shape index (κ3) is 2.92. The van der Waals surface area contributed by atoms with Crippen LogP contribution in [0.15, 0.2) is 72.8 Å². The molecule has 6 rings (SSSR count). The Bertz CT molecular complexity index is 1400. The van der Waals surface area contributed by atoms with Crippen molar-refractivity contribution in [2.45, 2.75) is 18.2 Å². The van der Waals surface area contributed by atoms with Crippen molar-refractivity contribution in [3.8, 4) is 0 Å². The highest BCUT2D eigenvalue weighted by Gasteiger charge is 2.74. The van der Waals surface area contributed by atoms with Crippen LogP contribution in [0.25, 0.3) is 0 Å². The summed E-state index contributed by atoms with van der Waals surface area (Å²) in [6.07, 6.45) is -1.28. The van der Waals surface area contributed by atoms with E-state index in [0.717, 1.165) is 4.90 Å². The third-order valence-corrected chi connectivity index (χ3v) is 7.33. The van der Waals surface area contributed by atoms with Gasteiger partial charge in [-0.1, -0.05) is 66.2 Å². The fourth-order valence-corrected chi connectivity index (χ4v) is 5.62. The second-order valence-electron chi connectivity index (χ2n) is 8.89. The van der Waals surface area contributed by atoms with E-state index in [0.29, 0.717) is 10.6 Å². The number of hydrogen-bond acceptors (Lipinski definition) is 5. The van der Waals surface area contributed by atoms with E-state index in [1.807, 2.05) is 0 Å². The van der Waals surface area contributed by atoms with Crippen LogP contribution in [0.1, 0.15) is 37.9 Å². The predicted molar refractivity (Wildman–Crippen MR) is 122 cm³/mol. The lowest BCUT2D eigenvalue weighted by Crippen LogP contribution is -2.50. The Balaban J connectivity index is 1.49. The Morgan fingerprint density at radius 3 is 2.06 bits per heavy atom. The van der Waals surface area contributed by atoms with Crippen LogP contribution in [0.2, 0.25) is 5.02 Å². The maximum atomic E-state index is 14.9. The van der Waals surface area contributed by atoms with E-state index in [1.165, 1.54) is 30.3 Å². The van der Waals surface area contributed by atoms with Crippen molar-refractivity contribution in [2.75, 3.05) is 0 Å². The predicted octanol–water partition coefficient (Wildman–Crippen LogP) is 4.17. The molecule has 0 radical (unpaired) electrons. The lowest BCUT2D eigenvalue weighted by atomic mass is 9.77. The van der Waals surface area contributed by atoms with Crippen molar-refractivity contribution in [3.63, 3.8) is 0 Å². The molecule has 35 heavy (non-hydrogen) atoms. The third-order valence-electron chi connectivity index (χ3n) is 7.08. The zero-order valence-corrected chi connectivity index (χ0v) is 18.9. The molecule has 3 aromatic carbocycles. The highest BCUT2D eigenvalue weighted by atomic mass is 35.5. The van der Waals surface area contributed by atoms with Crippen LogP contribution in [-0.2, 0) is 20.9 Å². The van der Waals surface area contributed by atoms with Crippen molar-refractivity contribution < 1.29 is 28.3 Å². The molecule has 3 atom stereocenters. The van der Waals surface area contributed by atoms with E-state index in [1.54, 1.807) is 42.5 Å². The van der Waals surface area contributed by atoms with Crippen LogP contribution in [-0.4, -0.2) is 33.9 Å². The fraction of sp³-hybridized carbons (Fsp3) is 0.185. The van der Waals surface area contributed by atoms with Gasteiger partial charge in [-0.25, -0.2) is 4.39 Å². The molecule has 0 saturated carbocycles. The second kappa shape index (κ2) is 7.66. The molecule has 3 aliphatic rings. The van der Waals surface area contributed by atoms with Crippen LogP contribution >= 0.6 is 11.6 Å². The summed E-state index contributed by atoms with van der Waals surface area (Å²) in [6.45, 7) is -0.0722. The number of imide groups is 1. The van der Waals surface area contributed by atoms with Gasteiger partial charge in [-0.2, -0.15) is 0 Å². The minimum Gasteiger partial charge on any atom is -0.349 e. The molecule has 8 heteroatoms. The molecule has 2 amide bonds. The van der Waals surface area contributed by atoms with Crippen molar-refractivity contribution in [3.05, 3.63) is 106 Å². The maximum absolute atomic E-state index is 14.9. The quantitative estimate of drug-likeness (QED) is 0.407. The first-order valence-electron chi connectivity index (χ1n) is 11.0. The van der Waals surface area contributed by atoms with Gasteiger partial charge in [-0.05, 0) is 23.8 Å². The van der Waals surface area contributed by atoms with Crippen molar-refractivity contribution in [2.24, 2.45) is 11.8 Å². The molecule has 3 aromatic rings. The molecule has 0 aromatic heterocycles. The number of hydrogen-bond donors (Lipinski definition) is 0. The topological polar surface area (TPSA) is 80.8 Å². The first-order valence-corrected chi connectivity index (χ1v) is 11.4. The van der Waals surface area contributed by atoms with E-state index in [4.69, 9.17) is 16.3 Å². The summed E-state index contributed by atoms with van der Waals surface area (Å²) in [5, 5.41) is 0.497. The van der Waals surface area contributed by atoms with Crippen LogP contribution in [0.4, 0.5) is 4.39 Å². The first-order chi connectivity index (χ1) is 16.8. The molecular weight excluding hydrogens is 473 g/mol. The standard InChI is InChI=1S/C27H17ClFNO5/c28-15-11-9-14(10-12-15)13-30-25(33)20-21(26(30)34)27(35-22(20)18-7-3-4-8-19(18)29)23(31)16-5-1-2-6-17(16)24(27)32/h1-12,20-22H,13H2/t20-,21+,22+/m1/s1. The minimum absolute atomic E-state index is 0.0189. The van der Waals surface area contributed by atoms with Gasteiger partial charge in [0.15, 0.2) is 0 Å². The van der Waals surface area contributed by atoms with Crippen LogP contribution in [0.5, 0.6) is 0 Å².